The molecule has 2 N–H and O–H groups in total. The molecule has 0 saturated carbocycles. The Morgan fingerprint density at radius 2 is 1.96 bits per heavy atom. The number of urea groups is 1. The van der Waals surface area contributed by atoms with Gasteiger partial charge in [0.2, 0.25) is 0 Å². The zero-order chi connectivity index (χ0) is 18.4. The van der Waals surface area contributed by atoms with Gasteiger partial charge in [0, 0.05) is 12.1 Å². The third-order valence-electron chi connectivity index (χ3n) is 3.58. The molecule has 0 radical (unpaired) electrons. The van der Waals surface area contributed by atoms with Gasteiger partial charge in [-0.25, -0.2) is 9.59 Å². The number of nitrogens with one attached hydrogen (secondary N) is 2. The van der Waals surface area contributed by atoms with E-state index in [9.17, 15) is 19.7 Å². The van der Waals surface area contributed by atoms with Crippen molar-refractivity contribution in [2.75, 3.05) is 13.2 Å². The third kappa shape index (κ3) is 4.46. The summed E-state index contributed by atoms with van der Waals surface area (Å²) in [5, 5.41) is 15.9. The topological polar surface area (TPSA) is 120 Å². The summed E-state index contributed by atoms with van der Waals surface area (Å²) in [6, 6.07) is 4.62. The van der Waals surface area contributed by atoms with Crippen molar-refractivity contribution >= 4 is 17.7 Å². The number of nitro groups is 1. The number of carbonyl (C=O) groups excluding carboxylic acids is 2. The van der Waals surface area contributed by atoms with Crippen LogP contribution in [0.2, 0.25) is 0 Å². The Morgan fingerprint density at radius 1 is 1.28 bits per heavy atom. The van der Waals surface area contributed by atoms with E-state index in [1.807, 2.05) is 6.92 Å². The van der Waals surface area contributed by atoms with Gasteiger partial charge in [0.15, 0.2) is 0 Å². The van der Waals surface area contributed by atoms with E-state index in [1.165, 1.54) is 24.3 Å². The predicted octanol–water partition coefficient (Wildman–Crippen LogP) is 1.88. The number of ether oxygens (including phenoxy) is 2. The van der Waals surface area contributed by atoms with E-state index >= 15 is 0 Å². The molecule has 2 rings (SSSR count). The van der Waals surface area contributed by atoms with Crippen LogP contribution in [0, 0.1) is 10.1 Å². The van der Waals surface area contributed by atoms with E-state index in [0.29, 0.717) is 23.4 Å². The fourth-order valence-corrected chi connectivity index (χ4v) is 2.40. The minimum Gasteiger partial charge on any atom is -0.487 e. The largest absolute Gasteiger partial charge is 0.487 e. The molecule has 9 nitrogen and oxygen atoms in total. The standard InChI is InChI=1S/C16H19N3O6/c1-3-12-14(15(20)24-4-2)13(18-16(21)17-12)9-25-11-7-5-10(6-8-11)19(22)23/h5-8,12H,3-4,9H2,1-2H3,(H2,17,18,21)/t12-/m0/s1. The molecule has 0 aliphatic carbocycles. The van der Waals surface area contributed by atoms with E-state index in [4.69, 9.17) is 9.47 Å². The molecular formula is C16H19N3O6. The number of amides is 2. The lowest BCUT2D eigenvalue weighted by atomic mass is 10.0. The molecule has 1 aromatic carbocycles. The Labute approximate surface area is 144 Å². The molecule has 0 spiro atoms. The highest BCUT2D eigenvalue weighted by Crippen LogP contribution is 2.20. The van der Waals surface area contributed by atoms with Crippen LogP contribution in [0.5, 0.6) is 5.75 Å². The first-order chi connectivity index (χ1) is 12.0. The summed E-state index contributed by atoms with van der Waals surface area (Å²) in [6.45, 7) is 3.67. The molecular weight excluding hydrogens is 330 g/mol. The second-order valence-corrected chi connectivity index (χ2v) is 5.21. The number of rotatable bonds is 7. The minimum absolute atomic E-state index is 0.0556. The fourth-order valence-electron chi connectivity index (χ4n) is 2.40. The Morgan fingerprint density at radius 3 is 2.52 bits per heavy atom. The van der Waals surface area contributed by atoms with Crippen molar-refractivity contribution in [3.8, 4) is 5.75 Å². The predicted molar refractivity (Wildman–Crippen MR) is 88.0 cm³/mol. The number of nitrogens with zero attached hydrogens (tertiary/aromatic N) is 1. The van der Waals surface area contributed by atoms with E-state index in [0.717, 1.165) is 0 Å². The van der Waals surface area contributed by atoms with Crippen molar-refractivity contribution in [3.05, 3.63) is 45.6 Å². The van der Waals surface area contributed by atoms with Gasteiger partial charge in [0.25, 0.3) is 5.69 Å². The molecule has 0 bridgehead atoms. The highest BCUT2D eigenvalue weighted by atomic mass is 16.6. The van der Waals surface area contributed by atoms with E-state index in [2.05, 4.69) is 10.6 Å². The first-order valence-corrected chi connectivity index (χ1v) is 7.81. The average molecular weight is 349 g/mol. The van der Waals surface area contributed by atoms with Gasteiger partial charge in [-0.1, -0.05) is 6.92 Å². The molecule has 2 amide bonds. The van der Waals surface area contributed by atoms with E-state index in [-0.39, 0.29) is 18.9 Å². The molecule has 1 atom stereocenters. The first kappa shape index (κ1) is 18.2. The first-order valence-electron chi connectivity index (χ1n) is 7.81. The van der Waals surface area contributed by atoms with Crippen LogP contribution in [0.25, 0.3) is 0 Å². The van der Waals surface area contributed by atoms with Gasteiger partial charge in [-0.05, 0) is 25.5 Å². The molecule has 0 fully saturated rings. The summed E-state index contributed by atoms with van der Waals surface area (Å²) >= 11 is 0. The zero-order valence-corrected chi connectivity index (χ0v) is 13.9. The maximum Gasteiger partial charge on any atom is 0.338 e. The fraction of sp³-hybridized carbons (Fsp3) is 0.375. The number of hydrogen-bond acceptors (Lipinski definition) is 6. The highest BCUT2D eigenvalue weighted by molar-refractivity contribution is 5.94. The monoisotopic (exact) mass is 349 g/mol. The molecule has 134 valence electrons. The number of non-ortho nitro benzene ring substituents is 1. The van der Waals surface area contributed by atoms with Crippen molar-refractivity contribution < 1.29 is 24.0 Å². The van der Waals surface area contributed by atoms with Gasteiger partial charge < -0.3 is 20.1 Å². The van der Waals surface area contributed by atoms with Crippen LogP contribution in [0.3, 0.4) is 0 Å². The summed E-state index contributed by atoms with van der Waals surface area (Å²) in [4.78, 5) is 34.1. The minimum atomic E-state index is -0.524. The molecule has 1 aromatic rings. The van der Waals surface area contributed by atoms with Crippen LogP contribution < -0.4 is 15.4 Å². The van der Waals surface area contributed by atoms with Crippen LogP contribution in [0.15, 0.2) is 35.5 Å². The molecule has 1 aliphatic rings. The zero-order valence-electron chi connectivity index (χ0n) is 13.9. The van der Waals surface area contributed by atoms with Crippen LogP contribution in [-0.2, 0) is 9.53 Å². The molecule has 25 heavy (non-hydrogen) atoms. The molecule has 1 heterocycles. The van der Waals surface area contributed by atoms with Gasteiger partial charge in [-0.3, -0.25) is 10.1 Å². The summed E-state index contributed by atoms with van der Waals surface area (Å²) < 4.78 is 10.6. The van der Waals surface area contributed by atoms with Crippen LogP contribution in [0.1, 0.15) is 20.3 Å². The summed E-state index contributed by atoms with van der Waals surface area (Å²) in [5.74, 6) is -0.147. The lowest BCUT2D eigenvalue weighted by Crippen LogP contribution is -2.51. The Balaban J connectivity index is 2.20. The SMILES string of the molecule is CCOC(=O)C1=C(COc2ccc([N+](=O)[O-])cc2)NC(=O)N[C@H]1CC. The van der Waals surface area contributed by atoms with Crippen LogP contribution in [0.4, 0.5) is 10.5 Å². The van der Waals surface area contributed by atoms with Crippen molar-refractivity contribution in [3.63, 3.8) is 0 Å². The van der Waals surface area contributed by atoms with Gasteiger partial charge in [0.05, 0.1) is 28.8 Å². The quantitative estimate of drug-likeness (QED) is 0.440. The Hall–Kier alpha value is -3.10. The summed E-state index contributed by atoms with van der Waals surface area (Å²) in [5.41, 5.74) is 0.568. The molecule has 0 saturated heterocycles. The smallest absolute Gasteiger partial charge is 0.338 e. The number of esters is 1. The van der Waals surface area contributed by atoms with Crippen LogP contribution >= 0.6 is 0 Å². The normalized spacial score (nSPS) is 16.7. The van der Waals surface area contributed by atoms with Crippen molar-refractivity contribution in [1.29, 1.82) is 0 Å². The molecule has 9 heteroatoms. The molecule has 0 aromatic heterocycles. The second kappa shape index (κ2) is 8.13. The van der Waals surface area contributed by atoms with Gasteiger partial charge in [-0.15, -0.1) is 0 Å². The number of carbonyl (C=O) groups is 2. The van der Waals surface area contributed by atoms with Crippen molar-refractivity contribution in [2.24, 2.45) is 0 Å². The maximum absolute atomic E-state index is 12.2. The third-order valence-corrected chi connectivity index (χ3v) is 3.58. The Bertz CT molecular complexity index is 698. The number of nitro benzene ring substituents is 1. The van der Waals surface area contributed by atoms with Crippen molar-refractivity contribution in [1.82, 2.24) is 10.6 Å². The van der Waals surface area contributed by atoms with E-state index < -0.39 is 23.0 Å². The van der Waals surface area contributed by atoms with E-state index in [1.54, 1.807) is 6.92 Å². The van der Waals surface area contributed by atoms with Gasteiger partial charge >= 0.3 is 12.0 Å². The van der Waals surface area contributed by atoms with Crippen LogP contribution in [-0.4, -0.2) is 36.2 Å². The lowest BCUT2D eigenvalue weighted by molar-refractivity contribution is -0.384. The van der Waals surface area contributed by atoms with Gasteiger partial charge in [0.1, 0.15) is 12.4 Å². The van der Waals surface area contributed by atoms with Gasteiger partial charge in [-0.2, -0.15) is 0 Å². The Kier molecular flexibility index (Phi) is 5.93. The highest BCUT2D eigenvalue weighted by Gasteiger charge is 2.31. The average Bonchev–Trinajstić information content (AvgIpc) is 2.59. The maximum atomic E-state index is 12.2. The number of benzene rings is 1. The lowest BCUT2D eigenvalue weighted by Gasteiger charge is -2.28. The summed E-state index contributed by atoms with van der Waals surface area (Å²) in [6.07, 6.45) is 0.516. The summed E-state index contributed by atoms with van der Waals surface area (Å²) in [7, 11) is 0. The van der Waals surface area contributed by atoms with Crippen molar-refractivity contribution in [2.45, 2.75) is 26.3 Å². The molecule has 0 unspecified atom stereocenters. The second-order valence-electron chi connectivity index (χ2n) is 5.21. The number of hydrogen-bond donors (Lipinski definition) is 2. The molecule has 1 aliphatic heterocycles.